The van der Waals surface area contributed by atoms with Crippen molar-refractivity contribution in [1.82, 2.24) is 9.79 Å². The zero-order chi connectivity index (χ0) is 25.3. The zero-order valence-electron chi connectivity index (χ0n) is 20.1. The SMILES string of the molecule is COc1ccc(S(=O)(=O)N(CC(O)C(Cc2ccccc2)NC(C)=O)OCC2CCCCO2)cc1. The molecule has 0 spiro atoms. The van der Waals surface area contributed by atoms with E-state index in [-0.39, 0.29) is 30.1 Å². The molecule has 3 unspecified atom stereocenters. The molecule has 0 aliphatic carbocycles. The summed E-state index contributed by atoms with van der Waals surface area (Å²) < 4.78 is 38.5. The highest BCUT2D eigenvalue weighted by Crippen LogP contribution is 2.22. The summed E-state index contributed by atoms with van der Waals surface area (Å²) in [5.74, 6) is 0.187. The molecule has 2 aromatic rings. The highest BCUT2D eigenvalue weighted by molar-refractivity contribution is 7.89. The quantitative estimate of drug-likeness (QED) is 0.425. The van der Waals surface area contributed by atoms with Crippen LogP contribution in [-0.4, -0.2) is 69.0 Å². The molecule has 1 heterocycles. The van der Waals surface area contributed by atoms with E-state index in [2.05, 4.69) is 5.32 Å². The van der Waals surface area contributed by atoms with Gasteiger partial charge in [-0.1, -0.05) is 34.8 Å². The molecule has 0 saturated carbocycles. The predicted octanol–water partition coefficient (Wildman–Crippen LogP) is 2.29. The van der Waals surface area contributed by atoms with Gasteiger partial charge in [-0.05, 0) is 55.5 Å². The lowest BCUT2D eigenvalue weighted by atomic mass is 10.0. The fourth-order valence-electron chi connectivity index (χ4n) is 3.88. The third kappa shape index (κ3) is 8.01. The Balaban J connectivity index is 1.81. The summed E-state index contributed by atoms with van der Waals surface area (Å²) in [6.45, 7) is 1.61. The van der Waals surface area contributed by atoms with Crippen LogP contribution in [0.5, 0.6) is 5.75 Å². The first-order chi connectivity index (χ1) is 16.8. The van der Waals surface area contributed by atoms with Gasteiger partial charge in [0.1, 0.15) is 5.75 Å². The summed E-state index contributed by atoms with van der Waals surface area (Å²) in [5.41, 5.74) is 0.895. The van der Waals surface area contributed by atoms with Crippen molar-refractivity contribution in [2.45, 2.75) is 55.8 Å². The van der Waals surface area contributed by atoms with Crippen molar-refractivity contribution in [2.75, 3.05) is 26.9 Å². The van der Waals surface area contributed by atoms with Crippen LogP contribution in [0.3, 0.4) is 0 Å². The summed E-state index contributed by atoms with van der Waals surface area (Å²) in [5, 5.41) is 13.8. The molecular weight excluding hydrogens is 472 g/mol. The number of aliphatic hydroxyl groups excluding tert-OH is 1. The minimum absolute atomic E-state index is 0.00537. The number of hydroxylamine groups is 1. The highest BCUT2D eigenvalue weighted by atomic mass is 32.2. The zero-order valence-corrected chi connectivity index (χ0v) is 20.9. The lowest BCUT2D eigenvalue weighted by Gasteiger charge is -2.30. The Kier molecular flexibility index (Phi) is 10.1. The van der Waals surface area contributed by atoms with E-state index in [9.17, 15) is 18.3 Å². The maximum atomic E-state index is 13.5. The summed E-state index contributed by atoms with van der Waals surface area (Å²) >= 11 is 0. The Hall–Kier alpha value is -2.50. The molecule has 3 atom stereocenters. The van der Waals surface area contributed by atoms with Gasteiger partial charge in [-0.3, -0.25) is 9.63 Å². The molecule has 3 rings (SSSR count). The van der Waals surface area contributed by atoms with Crippen LogP contribution in [0.25, 0.3) is 0 Å². The van der Waals surface area contributed by atoms with Crippen molar-refractivity contribution in [3.63, 3.8) is 0 Å². The van der Waals surface area contributed by atoms with Crippen LogP contribution in [-0.2, 0) is 30.8 Å². The molecule has 1 aliphatic rings. The lowest BCUT2D eigenvalue weighted by molar-refractivity contribution is -0.148. The van der Waals surface area contributed by atoms with E-state index >= 15 is 0 Å². The summed E-state index contributed by atoms with van der Waals surface area (Å²) in [6.07, 6.45) is 1.56. The van der Waals surface area contributed by atoms with Crippen molar-refractivity contribution in [1.29, 1.82) is 0 Å². The third-order valence-corrected chi connectivity index (χ3v) is 7.45. The second-order valence-corrected chi connectivity index (χ2v) is 10.3. The lowest BCUT2D eigenvalue weighted by Crippen LogP contribution is -2.50. The largest absolute Gasteiger partial charge is 0.497 e. The van der Waals surface area contributed by atoms with E-state index in [1.165, 1.54) is 26.2 Å². The summed E-state index contributed by atoms with van der Waals surface area (Å²) in [6, 6.07) is 14.6. The van der Waals surface area contributed by atoms with Crippen LogP contribution in [0.4, 0.5) is 0 Å². The molecule has 1 amide bonds. The molecule has 35 heavy (non-hydrogen) atoms. The molecule has 10 heteroatoms. The number of carbonyl (C=O) groups excluding carboxylic acids is 1. The van der Waals surface area contributed by atoms with Gasteiger partial charge in [0.15, 0.2) is 0 Å². The number of aliphatic hydroxyl groups is 1. The van der Waals surface area contributed by atoms with Crippen LogP contribution < -0.4 is 10.1 Å². The maximum absolute atomic E-state index is 13.5. The van der Waals surface area contributed by atoms with E-state index in [1.54, 1.807) is 12.1 Å². The van der Waals surface area contributed by atoms with E-state index in [1.807, 2.05) is 30.3 Å². The normalized spacial score (nSPS) is 18.1. The number of ether oxygens (including phenoxy) is 2. The molecule has 0 radical (unpaired) electrons. The van der Waals surface area contributed by atoms with Crippen molar-refractivity contribution < 1.29 is 32.6 Å². The van der Waals surface area contributed by atoms with E-state index < -0.39 is 22.2 Å². The van der Waals surface area contributed by atoms with Crippen LogP contribution in [0.1, 0.15) is 31.7 Å². The Bertz CT molecular complexity index is 1030. The summed E-state index contributed by atoms with van der Waals surface area (Å²) in [7, 11) is -2.64. The predicted molar refractivity (Wildman–Crippen MR) is 130 cm³/mol. The van der Waals surface area contributed by atoms with Gasteiger partial charge < -0.3 is 19.9 Å². The second kappa shape index (κ2) is 13.0. The number of hydrogen-bond acceptors (Lipinski definition) is 7. The van der Waals surface area contributed by atoms with Gasteiger partial charge in [0.2, 0.25) is 5.91 Å². The first-order valence-electron chi connectivity index (χ1n) is 11.7. The molecule has 0 aromatic heterocycles. The fourth-order valence-corrected chi connectivity index (χ4v) is 5.15. The van der Waals surface area contributed by atoms with Crippen LogP contribution >= 0.6 is 0 Å². The Labute approximate surface area is 207 Å². The van der Waals surface area contributed by atoms with Gasteiger partial charge in [0, 0.05) is 13.5 Å². The van der Waals surface area contributed by atoms with Gasteiger partial charge in [0.25, 0.3) is 10.0 Å². The molecule has 1 fully saturated rings. The number of hydrogen-bond donors (Lipinski definition) is 2. The van der Waals surface area contributed by atoms with E-state index in [0.29, 0.717) is 18.8 Å². The average Bonchev–Trinajstić information content (AvgIpc) is 2.87. The average molecular weight is 507 g/mol. The molecule has 9 nitrogen and oxygen atoms in total. The van der Waals surface area contributed by atoms with Gasteiger partial charge >= 0.3 is 0 Å². The van der Waals surface area contributed by atoms with Gasteiger partial charge in [-0.2, -0.15) is 0 Å². The number of benzene rings is 2. The van der Waals surface area contributed by atoms with Gasteiger partial charge in [-0.25, -0.2) is 8.42 Å². The molecule has 0 bridgehead atoms. The minimum atomic E-state index is -4.13. The Morgan fingerprint density at radius 3 is 2.49 bits per heavy atom. The van der Waals surface area contributed by atoms with Crippen LogP contribution in [0.2, 0.25) is 0 Å². The molecule has 1 saturated heterocycles. The third-order valence-electron chi connectivity index (χ3n) is 5.79. The standard InChI is InChI=1S/C25H34N2O7S/c1-19(28)26-24(16-20-8-4-3-5-9-20)25(29)17-27(34-18-22-10-6-7-15-33-22)35(30,31)23-13-11-21(32-2)12-14-23/h3-5,8-9,11-14,22,24-25,29H,6-7,10,15-18H2,1-2H3,(H,26,28). The second-order valence-electron chi connectivity index (χ2n) is 8.51. The minimum Gasteiger partial charge on any atom is -0.497 e. The molecule has 1 aliphatic heterocycles. The first kappa shape index (κ1) is 27.1. The topological polar surface area (TPSA) is 114 Å². The van der Waals surface area contributed by atoms with E-state index in [4.69, 9.17) is 14.3 Å². The van der Waals surface area contributed by atoms with E-state index in [0.717, 1.165) is 29.3 Å². The van der Waals surface area contributed by atoms with Crippen LogP contribution in [0, 0.1) is 0 Å². The first-order valence-corrected chi connectivity index (χ1v) is 13.1. The summed E-state index contributed by atoms with van der Waals surface area (Å²) in [4.78, 5) is 17.6. The number of nitrogens with zero attached hydrogens (tertiary/aromatic N) is 1. The number of amides is 1. The Morgan fingerprint density at radius 1 is 1.17 bits per heavy atom. The molecular formula is C25H34N2O7S. The van der Waals surface area contributed by atoms with Gasteiger partial charge in [-0.15, -0.1) is 0 Å². The monoisotopic (exact) mass is 506 g/mol. The van der Waals surface area contributed by atoms with Crippen molar-refractivity contribution in [3.05, 3.63) is 60.2 Å². The van der Waals surface area contributed by atoms with Crippen molar-refractivity contribution in [3.8, 4) is 5.75 Å². The smallest absolute Gasteiger partial charge is 0.265 e. The molecule has 2 aromatic carbocycles. The van der Waals surface area contributed by atoms with Crippen molar-refractivity contribution in [2.24, 2.45) is 0 Å². The molecule has 2 N–H and O–H groups in total. The number of nitrogens with one attached hydrogen (secondary N) is 1. The fraction of sp³-hybridized carbons (Fsp3) is 0.480. The van der Waals surface area contributed by atoms with Crippen molar-refractivity contribution >= 4 is 15.9 Å². The molecule has 192 valence electrons. The highest BCUT2D eigenvalue weighted by Gasteiger charge is 2.32. The van der Waals surface area contributed by atoms with Crippen LogP contribution in [0.15, 0.2) is 59.5 Å². The number of methoxy groups -OCH3 is 1. The number of rotatable bonds is 12. The maximum Gasteiger partial charge on any atom is 0.265 e. The number of carbonyl (C=O) groups is 1. The number of sulfonamides is 1. The Morgan fingerprint density at radius 2 is 1.89 bits per heavy atom. The van der Waals surface area contributed by atoms with Gasteiger partial charge in [0.05, 0.1) is 43.4 Å².